The molecule has 23 heavy (non-hydrogen) atoms. The number of nitrogens with one attached hydrogen (secondary N) is 2. The molecule has 4 nitrogen and oxygen atoms in total. The third-order valence-corrected chi connectivity index (χ3v) is 3.57. The van der Waals surface area contributed by atoms with Crippen LogP contribution in [0.2, 0.25) is 0 Å². The normalized spacial score (nSPS) is 10.3. The lowest BCUT2D eigenvalue weighted by Gasteiger charge is -2.10. The number of fused-ring (bicyclic) bond motifs is 1. The topological polar surface area (TPSA) is 61.4 Å². The summed E-state index contributed by atoms with van der Waals surface area (Å²) in [6.07, 6.45) is 0. The molecule has 3 N–H and O–H groups in total. The fourth-order valence-corrected chi connectivity index (χ4v) is 2.43. The molecule has 0 aliphatic carbocycles. The Balaban J connectivity index is 1.68. The van der Waals surface area contributed by atoms with E-state index in [0.717, 1.165) is 16.5 Å². The van der Waals surface area contributed by atoms with Gasteiger partial charge in [-0.1, -0.05) is 30.3 Å². The molecule has 0 atom stereocenters. The van der Waals surface area contributed by atoms with E-state index in [9.17, 15) is 9.90 Å². The highest BCUT2D eigenvalue weighted by Gasteiger charge is 2.08. The van der Waals surface area contributed by atoms with Crippen LogP contribution in [0.1, 0.15) is 10.4 Å². The number of anilines is 1. The SMILES string of the molecule is O=C(NC(=S)Nc1ccc2ccccc2c1)c1ccc(O)cc1. The fourth-order valence-electron chi connectivity index (χ4n) is 2.22. The Bertz CT molecular complexity index is 876. The zero-order valence-electron chi connectivity index (χ0n) is 12.1. The number of phenols is 1. The molecule has 3 rings (SSSR count). The maximum Gasteiger partial charge on any atom is 0.257 e. The minimum Gasteiger partial charge on any atom is -0.508 e. The summed E-state index contributed by atoms with van der Waals surface area (Å²) in [5.74, 6) is -0.221. The minimum absolute atomic E-state index is 0.110. The lowest BCUT2D eigenvalue weighted by atomic mass is 10.1. The van der Waals surface area contributed by atoms with Gasteiger partial charge in [-0.2, -0.15) is 0 Å². The van der Waals surface area contributed by atoms with Crippen LogP contribution < -0.4 is 10.6 Å². The van der Waals surface area contributed by atoms with Crippen molar-refractivity contribution >= 4 is 39.7 Å². The second-order valence-corrected chi connectivity index (χ2v) is 5.43. The van der Waals surface area contributed by atoms with Gasteiger partial charge in [-0.25, -0.2) is 0 Å². The molecule has 0 aromatic heterocycles. The number of aromatic hydroxyl groups is 1. The Kier molecular flexibility index (Phi) is 4.21. The first-order valence-corrected chi connectivity index (χ1v) is 7.43. The third-order valence-electron chi connectivity index (χ3n) is 3.36. The van der Waals surface area contributed by atoms with Crippen LogP contribution in [-0.4, -0.2) is 16.1 Å². The molecular weight excluding hydrogens is 308 g/mol. The zero-order valence-corrected chi connectivity index (χ0v) is 12.9. The van der Waals surface area contributed by atoms with Gasteiger partial charge in [-0.05, 0) is 59.4 Å². The zero-order chi connectivity index (χ0) is 16.2. The summed E-state index contributed by atoms with van der Waals surface area (Å²) in [7, 11) is 0. The molecule has 5 heteroatoms. The van der Waals surface area contributed by atoms with Crippen molar-refractivity contribution in [3.63, 3.8) is 0 Å². The second kappa shape index (κ2) is 6.46. The van der Waals surface area contributed by atoms with E-state index < -0.39 is 0 Å². The number of benzene rings is 3. The summed E-state index contributed by atoms with van der Waals surface area (Å²) in [5.41, 5.74) is 1.23. The Morgan fingerprint density at radius 2 is 1.61 bits per heavy atom. The van der Waals surface area contributed by atoms with Gasteiger partial charge in [-0.3, -0.25) is 10.1 Å². The van der Waals surface area contributed by atoms with Crippen LogP contribution in [0.25, 0.3) is 10.8 Å². The van der Waals surface area contributed by atoms with Crippen molar-refractivity contribution in [2.45, 2.75) is 0 Å². The predicted octanol–water partition coefficient (Wildman–Crippen LogP) is 3.67. The first-order chi connectivity index (χ1) is 11.1. The van der Waals surface area contributed by atoms with Gasteiger partial charge in [0.15, 0.2) is 5.11 Å². The summed E-state index contributed by atoms with van der Waals surface area (Å²) in [5, 5.41) is 17.3. The monoisotopic (exact) mass is 322 g/mol. The molecule has 0 aliphatic rings. The Morgan fingerprint density at radius 3 is 2.35 bits per heavy atom. The number of hydrogen-bond donors (Lipinski definition) is 3. The van der Waals surface area contributed by atoms with E-state index in [-0.39, 0.29) is 16.8 Å². The summed E-state index contributed by atoms with van der Waals surface area (Å²) < 4.78 is 0. The van der Waals surface area contributed by atoms with Gasteiger partial charge in [0.25, 0.3) is 5.91 Å². The van der Waals surface area contributed by atoms with Gasteiger partial charge in [0.05, 0.1) is 0 Å². The third kappa shape index (κ3) is 3.64. The number of thiocarbonyl (C=S) groups is 1. The first-order valence-electron chi connectivity index (χ1n) is 7.02. The van der Waals surface area contributed by atoms with E-state index in [2.05, 4.69) is 10.6 Å². The molecule has 0 unspecified atom stereocenters. The Labute approximate surface area is 138 Å². The summed E-state index contributed by atoms with van der Waals surface area (Å²) in [4.78, 5) is 12.0. The molecule has 1 amide bonds. The van der Waals surface area contributed by atoms with Crippen molar-refractivity contribution in [2.24, 2.45) is 0 Å². The highest BCUT2D eigenvalue weighted by molar-refractivity contribution is 7.80. The predicted molar refractivity (Wildman–Crippen MR) is 95.7 cm³/mol. The highest BCUT2D eigenvalue weighted by atomic mass is 32.1. The van der Waals surface area contributed by atoms with Crippen molar-refractivity contribution in [3.8, 4) is 5.75 Å². The summed E-state index contributed by atoms with van der Waals surface area (Å²) in [6, 6.07) is 19.8. The van der Waals surface area contributed by atoms with Crippen LogP contribution in [0.15, 0.2) is 66.7 Å². The van der Waals surface area contributed by atoms with E-state index in [1.165, 1.54) is 24.3 Å². The Hall–Kier alpha value is -2.92. The molecule has 0 radical (unpaired) electrons. The maximum absolute atomic E-state index is 12.0. The van der Waals surface area contributed by atoms with E-state index >= 15 is 0 Å². The van der Waals surface area contributed by atoms with Crippen LogP contribution in [-0.2, 0) is 0 Å². The average molecular weight is 322 g/mol. The molecule has 3 aromatic rings. The van der Waals surface area contributed by atoms with E-state index in [1.807, 2.05) is 42.5 Å². The molecule has 0 saturated carbocycles. The molecule has 0 aliphatic heterocycles. The molecule has 0 bridgehead atoms. The van der Waals surface area contributed by atoms with Gasteiger partial charge in [-0.15, -0.1) is 0 Å². The number of amides is 1. The maximum atomic E-state index is 12.0. The number of carbonyl (C=O) groups excluding carboxylic acids is 1. The van der Waals surface area contributed by atoms with Crippen LogP contribution in [0.3, 0.4) is 0 Å². The molecule has 3 aromatic carbocycles. The van der Waals surface area contributed by atoms with Crippen molar-refractivity contribution in [1.29, 1.82) is 0 Å². The smallest absolute Gasteiger partial charge is 0.257 e. The molecule has 0 heterocycles. The first kappa shape index (κ1) is 15.0. The number of carbonyl (C=O) groups is 1. The standard InChI is InChI=1S/C18H14N2O2S/c21-16-9-6-13(7-10-16)17(22)20-18(23)19-15-8-5-12-3-1-2-4-14(12)11-15/h1-11,21H,(H2,19,20,22,23). The largest absolute Gasteiger partial charge is 0.508 e. The van der Waals surface area contributed by atoms with E-state index in [0.29, 0.717) is 5.56 Å². The molecule has 114 valence electrons. The second-order valence-electron chi connectivity index (χ2n) is 5.02. The van der Waals surface area contributed by atoms with Gasteiger partial charge in [0.2, 0.25) is 0 Å². The average Bonchev–Trinajstić information content (AvgIpc) is 2.55. The van der Waals surface area contributed by atoms with Crippen LogP contribution in [0.4, 0.5) is 5.69 Å². The van der Waals surface area contributed by atoms with Crippen LogP contribution in [0.5, 0.6) is 5.75 Å². The number of phenolic OH excluding ortho intramolecular Hbond substituents is 1. The summed E-state index contributed by atoms with van der Waals surface area (Å²) in [6.45, 7) is 0. The van der Waals surface area contributed by atoms with Gasteiger partial charge in [0, 0.05) is 11.3 Å². The van der Waals surface area contributed by atoms with Crippen molar-refractivity contribution in [3.05, 3.63) is 72.3 Å². The molecule has 0 spiro atoms. The van der Waals surface area contributed by atoms with Gasteiger partial charge in [0.1, 0.15) is 5.75 Å². The van der Waals surface area contributed by atoms with E-state index in [4.69, 9.17) is 12.2 Å². The lowest BCUT2D eigenvalue weighted by molar-refractivity contribution is 0.0977. The van der Waals surface area contributed by atoms with E-state index in [1.54, 1.807) is 0 Å². The quantitative estimate of drug-likeness (QED) is 0.630. The Morgan fingerprint density at radius 1 is 0.913 bits per heavy atom. The lowest BCUT2D eigenvalue weighted by Crippen LogP contribution is -2.34. The summed E-state index contributed by atoms with van der Waals surface area (Å²) >= 11 is 5.17. The fraction of sp³-hybridized carbons (Fsp3) is 0. The van der Waals surface area contributed by atoms with Crippen molar-refractivity contribution in [2.75, 3.05) is 5.32 Å². The highest BCUT2D eigenvalue weighted by Crippen LogP contribution is 2.18. The molecule has 0 fully saturated rings. The molecular formula is C18H14N2O2S. The molecule has 0 saturated heterocycles. The van der Waals surface area contributed by atoms with Crippen LogP contribution >= 0.6 is 12.2 Å². The number of hydrogen-bond acceptors (Lipinski definition) is 3. The van der Waals surface area contributed by atoms with Crippen molar-refractivity contribution in [1.82, 2.24) is 5.32 Å². The van der Waals surface area contributed by atoms with Crippen molar-refractivity contribution < 1.29 is 9.90 Å². The number of rotatable bonds is 2. The van der Waals surface area contributed by atoms with Gasteiger partial charge >= 0.3 is 0 Å². The van der Waals surface area contributed by atoms with Gasteiger partial charge < -0.3 is 10.4 Å². The van der Waals surface area contributed by atoms with Crippen LogP contribution in [0, 0.1) is 0 Å². The minimum atomic E-state index is -0.330.